The van der Waals surface area contributed by atoms with Gasteiger partial charge in [-0.3, -0.25) is 9.48 Å². The number of nitrogen functional groups attached to an aromatic ring is 1. The fraction of sp³-hybridized carbons (Fsp3) is 0.333. The minimum absolute atomic E-state index is 0.249. The van der Waals surface area contributed by atoms with Gasteiger partial charge in [0.15, 0.2) is 5.69 Å². The summed E-state index contributed by atoms with van der Waals surface area (Å²) in [7, 11) is 1.72. The first kappa shape index (κ1) is 10.3. The van der Waals surface area contributed by atoms with Crippen molar-refractivity contribution in [1.82, 2.24) is 15.1 Å². The first-order valence-electron chi connectivity index (χ1n) is 4.33. The summed E-state index contributed by atoms with van der Waals surface area (Å²) in [4.78, 5) is 11.5. The molecule has 0 saturated heterocycles. The van der Waals surface area contributed by atoms with E-state index >= 15 is 0 Å². The van der Waals surface area contributed by atoms with Gasteiger partial charge >= 0.3 is 0 Å². The van der Waals surface area contributed by atoms with Gasteiger partial charge in [-0.2, -0.15) is 5.10 Å². The molecule has 0 aliphatic heterocycles. The lowest BCUT2D eigenvalue weighted by molar-refractivity contribution is 0.0953. The van der Waals surface area contributed by atoms with Crippen molar-refractivity contribution in [3.8, 4) is 0 Å². The molecule has 0 atom stereocenters. The van der Waals surface area contributed by atoms with E-state index in [1.165, 1.54) is 4.68 Å². The van der Waals surface area contributed by atoms with Crippen LogP contribution in [0.3, 0.4) is 0 Å². The fourth-order valence-electron chi connectivity index (χ4n) is 1.04. The number of allylic oxidation sites excluding steroid dienone is 1. The Kier molecular flexibility index (Phi) is 3.28. The quantitative estimate of drug-likeness (QED) is 0.680. The van der Waals surface area contributed by atoms with Crippen molar-refractivity contribution in [2.45, 2.75) is 6.92 Å². The third-order valence-corrected chi connectivity index (χ3v) is 1.69. The van der Waals surface area contributed by atoms with Gasteiger partial charge in [0, 0.05) is 19.8 Å². The van der Waals surface area contributed by atoms with Crippen LogP contribution in [-0.4, -0.2) is 22.2 Å². The molecule has 1 aromatic heterocycles. The van der Waals surface area contributed by atoms with Crippen LogP contribution in [0.1, 0.15) is 17.4 Å². The summed E-state index contributed by atoms with van der Waals surface area (Å²) >= 11 is 0. The van der Waals surface area contributed by atoms with E-state index < -0.39 is 0 Å². The maximum atomic E-state index is 11.5. The summed E-state index contributed by atoms with van der Waals surface area (Å²) in [5.41, 5.74) is 6.25. The van der Waals surface area contributed by atoms with Gasteiger partial charge in [-0.25, -0.2) is 0 Å². The zero-order valence-corrected chi connectivity index (χ0v) is 8.32. The lowest BCUT2D eigenvalue weighted by atomic mass is 10.3. The molecule has 0 aliphatic carbocycles. The standard InChI is InChI=1S/C9H14N4O/c1-3-4-5-11-9(14)8-7(10)6-13(2)12-8/h3-4,6H,5,10H2,1-2H3,(H,11,14)/b4-3+. The normalized spacial score (nSPS) is 10.7. The molecule has 14 heavy (non-hydrogen) atoms. The third-order valence-electron chi connectivity index (χ3n) is 1.69. The zero-order chi connectivity index (χ0) is 10.6. The Morgan fingerprint density at radius 3 is 3.00 bits per heavy atom. The predicted octanol–water partition coefficient (Wildman–Crippen LogP) is 0.308. The van der Waals surface area contributed by atoms with Crippen molar-refractivity contribution < 1.29 is 4.79 Å². The van der Waals surface area contributed by atoms with Crippen LogP contribution in [0, 0.1) is 0 Å². The predicted molar refractivity (Wildman–Crippen MR) is 54.8 cm³/mol. The van der Waals surface area contributed by atoms with E-state index in [1.807, 2.05) is 19.1 Å². The molecule has 0 fully saturated rings. The number of carbonyl (C=O) groups is 1. The van der Waals surface area contributed by atoms with Crippen molar-refractivity contribution >= 4 is 11.6 Å². The summed E-state index contributed by atoms with van der Waals surface area (Å²) in [5.74, 6) is -0.249. The highest BCUT2D eigenvalue weighted by molar-refractivity contribution is 5.97. The topological polar surface area (TPSA) is 72.9 Å². The summed E-state index contributed by atoms with van der Waals surface area (Å²) in [5, 5.41) is 6.62. The Morgan fingerprint density at radius 1 is 1.79 bits per heavy atom. The second-order valence-electron chi connectivity index (χ2n) is 2.89. The molecular formula is C9H14N4O. The number of anilines is 1. The molecule has 0 aromatic carbocycles. The van der Waals surface area contributed by atoms with Crippen LogP contribution < -0.4 is 11.1 Å². The number of rotatable bonds is 3. The molecule has 0 unspecified atom stereocenters. The molecule has 0 saturated carbocycles. The molecule has 0 radical (unpaired) electrons. The second kappa shape index (κ2) is 4.45. The Labute approximate surface area is 82.6 Å². The Balaban J connectivity index is 2.65. The van der Waals surface area contributed by atoms with E-state index in [4.69, 9.17) is 5.73 Å². The maximum Gasteiger partial charge on any atom is 0.274 e. The summed E-state index contributed by atoms with van der Waals surface area (Å²) in [6.07, 6.45) is 5.31. The van der Waals surface area contributed by atoms with E-state index in [2.05, 4.69) is 10.4 Å². The van der Waals surface area contributed by atoms with Crippen LogP contribution >= 0.6 is 0 Å². The fourth-order valence-corrected chi connectivity index (χ4v) is 1.04. The molecule has 0 bridgehead atoms. The average molecular weight is 194 g/mol. The van der Waals surface area contributed by atoms with E-state index in [-0.39, 0.29) is 11.6 Å². The number of aryl methyl sites for hydroxylation is 1. The molecule has 5 heteroatoms. The van der Waals surface area contributed by atoms with Crippen LogP contribution in [0.25, 0.3) is 0 Å². The smallest absolute Gasteiger partial charge is 0.274 e. The average Bonchev–Trinajstić information content (AvgIpc) is 2.45. The van der Waals surface area contributed by atoms with E-state index in [0.717, 1.165) is 0 Å². The van der Waals surface area contributed by atoms with Crippen molar-refractivity contribution in [1.29, 1.82) is 0 Å². The SMILES string of the molecule is C/C=C/CNC(=O)c1nn(C)cc1N. The lowest BCUT2D eigenvalue weighted by Gasteiger charge is -1.98. The van der Waals surface area contributed by atoms with Crippen LogP contribution in [0.15, 0.2) is 18.3 Å². The first-order valence-corrected chi connectivity index (χ1v) is 4.33. The van der Waals surface area contributed by atoms with Crippen LogP contribution in [0.5, 0.6) is 0 Å². The molecule has 1 heterocycles. The van der Waals surface area contributed by atoms with E-state index in [0.29, 0.717) is 12.2 Å². The molecule has 76 valence electrons. The van der Waals surface area contributed by atoms with Crippen molar-refractivity contribution in [3.63, 3.8) is 0 Å². The Morgan fingerprint density at radius 2 is 2.50 bits per heavy atom. The summed E-state index contributed by atoms with van der Waals surface area (Å²) in [6, 6.07) is 0. The monoisotopic (exact) mass is 194 g/mol. The zero-order valence-electron chi connectivity index (χ0n) is 8.32. The highest BCUT2D eigenvalue weighted by atomic mass is 16.1. The van der Waals surface area contributed by atoms with Gasteiger partial charge < -0.3 is 11.1 Å². The molecule has 1 aromatic rings. The van der Waals surface area contributed by atoms with Crippen LogP contribution in [-0.2, 0) is 7.05 Å². The van der Waals surface area contributed by atoms with Gasteiger partial charge in [0.05, 0.1) is 5.69 Å². The molecule has 1 rings (SSSR count). The number of hydrogen-bond donors (Lipinski definition) is 2. The van der Waals surface area contributed by atoms with Gasteiger partial charge in [0.25, 0.3) is 5.91 Å². The second-order valence-corrected chi connectivity index (χ2v) is 2.89. The Hall–Kier alpha value is -1.78. The van der Waals surface area contributed by atoms with Gasteiger partial charge in [0.1, 0.15) is 0 Å². The number of nitrogens with zero attached hydrogens (tertiary/aromatic N) is 2. The molecule has 3 N–H and O–H groups in total. The minimum atomic E-state index is -0.249. The van der Waals surface area contributed by atoms with Crippen molar-refractivity contribution in [2.24, 2.45) is 7.05 Å². The van der Waals surface area contributed by atoms with Crippen molar-refractivity contribution in [2.75, 3.05) is 12.3 Å². The van der Waals surface area contributed by atoms with Crippen LogP contribution in [0.4, 0.5) is 5.69 Å². The van der Waals surface area contributed by atoms with Gasteiger partial charge in [-0.15, -0.1) is 0 Å². The molecule has 0 spiro atoms. The molecule has 0 aliphatic rings. The lowest BCUT2D eigenvalue weighted by Crippen LogP contribution is -2.24. The minimum Gasteiger partial charge on any atom is -0.396 e. The number of carbonyl (C=O) groups excluding carboxylic acids is 1. The number of nitrogens with two attached hydrogens (primary N) is 1. The number of amides is 1. The molecule has 5 nitrogen and oxygen atoms in total. The summed E-state index contributed by atoms with van der Waals surface area (Å²) < 4.78 is 1.51. The maximum absolute atomic E-state index is 11.5. The van der Waals surface area contributed by atoms with Gasteiger partial charge in [-0.1, -0.05) is 12.2 Å². The van der Waals surface area contributed by atoms with E-state index in [9.17, 15) is 4.79 Å². The number of nitrogens with one attached hydrogen (secondary N) is 1. The number of aromatic nitrogens is 2. The van der Waals surface area contributed by atoms with Gasteiger partial charge in [-0.05, 0) is 6.92 Å². The van der Waals surface area contributed by atoms with Gasteiger partial charge in [0.2, 0.25) is 0 Å². The largest absolute Gasteiger partial charge is 0.396 e. The van der Waals surface area contributed by atoms with Crippen molar-refractivity contribution in [3.05, 3.63) is 24.0 Å². The third kappa shape index (κ3) is 2.35. The highest BCUT2D eigenvalue weighted by Crippen LogP contribution is 2.06. The van der Waals surface area contributed by atoms with Crippen LogP contribution in [0.2, 0.25) is 0 Å². The summed E-state index contributed by atoms with van der Waals surface area (Å²) in [6.45, 7) is 2.38. The number of hydrogen-bond acceptors (Lipinski definition) is 3. The molecular weight excluding hydrogens is 180 g/mol. The first-order chi connectivity index (χ1) is 6.65. The Bertz CT molecular complexity index is 354. The highest BCUT2D eigenvalue weighted by Gasteiger charge is 2.12. The van der Waals surface area contributed by atoms with E-state index in [1.54, 1.807) is 13.2 Å². The molecule has 1 amide bonds.